The first-order chi connectivity index (χ1) is 16.0. The van der Waals surface area contributed by atoms with Gasteiger partial charge in [-0.05, 0) is 51.2 Å². The van der Waals surface area contributed by atoms with Crippen molar-refractivity contribution >= 4 is 17.9 Å². The summed E-state index contributed by atoms with van der Waals surface area (Å²) in [5.41, 5.74) is 0.884. The molecule has 3 saturated heterocycles. The topological polar surface area (TPSA) is 112 Å². The number of carboxylic acids is 1. The van der Waals surface area contributed by atoms with Gasteiger partial charge in [-0.15, -0.1) is 0 Å². The number of carbonyl (C=O) groups is 3. The summed E-state index contributed by atoms with van der Waals surface area (Å²) in [5.74, 6) is -1.88. The van der Waals surface area contributed by atoms with Crippen LogP contribution in [0.2, 0.25) is 0 Å². The Morgan fingerprint density at radius 2 is 1.97 bits per heavy atom. The van der Waals surface area contributed by atoms with Gasteiger partial charge in [0.15, 0.2) is 0 Å². The Morgan fingerprint density at radius 3 is 2.65 bits per heavy atom. The summed E-state index contributed by atoms with van der Waals surface area (Å²) >= 11 is 0. The van der Waals surface area contributed by atoms with E-state index >= 15 is 0 Å². The van der Waals surface area contributed by atoms with E-state index in [4.69, 9.17) is 18.6 Å². The summed E-state index contributed by atoms with van der Waals surface area (Å²) in [6, 6.07) is 1.83. The molecule has 1 aliphatic carbocycles. The van der Waals surface area contributed by atoms with Crippen molar-refractivity contribution in [3.05, 3.63) is 35.3 Å². The van der Waals surface area contributed by atoms with Gasteiger partial charge in [-0.3, -0.25) is 14.4 Å². The lowest BCUT2D eigenvalue weighted by molar-refractivity contribution is -0.164. The van der Waals surface area contributed by atoms with Gasteiger partial charge in [0.05, 0.1) is 50.1 Å². The molecule has 8 heteroatoms. The van der Waals surface area contributed by atoms with E-state index in [-0.39, 0.29) is 55.7 Å². The maximum absolute atomic E-state index is 12.7. The molecule has 3 aliphatic heterocycles. The standard InChI is InChI=1S/C26H32O8/c1-14-16(5-7-25(4)17(14)9-22(30)33-23(25)15-6-8-31-12-15)26(11-20(27)28)18-13-32-21(29)10-19(18)34-24(26,2)3/h6,8,12,16,18-19,23H,5,7,9-11,13H2,1-4H3,(H,27,28). The van der Waals surface area contributed by atoms with Crippen molar-refractivity contribution in [2.24, 2.45) is 22.7 Å². The largest absolute Gasteiger partial charge is 0.481 e. The van der Waals surface area contributed by atoms with Gasteiger partial charge in [0.1, 0.15) is 6.10 Å². The van der Waals surface area contributed by atoms with Gasteiger partial charge in [0, 0.05) is 22.3 Å². The molecule has 4 heterocycles. The number of aliphatic carboxylic acids is 1. The fraction of sp³-hybridized carbons (Fsp3) is 0.654. The third-order valence-electron chi connectivity index (χ3n) is 9.17. The molecule has 3 fully saturated rings. The number of carboxylic acid groups (broad SMARTS) is 1. The number of allylic oxidation sites excluding steroid dienone is 1. The molecule has 0 saturated carbocycles. The summed E-state index contributed by atoms with van der Waals surface area (Å²) in [4.78, 5) is 37.0. The van der Waals surface area contributed by atoms with Crippen LogP contribution in [0.25, 0.3) is 0 Å². The summed E-state index contributed by atoms with van der Waals surface area (Å²) < 4.78 is 23.0. The minimum Gasteiger partial charge on any atom is -0.481 e. The molecular formula is C26H32O8. The zero-order chi connectivity index (χ0) is 24.5. The highest BCUT2D eigenvalue weighted by Gasteiger charge is 2.67. The second-order valence-electron chi connectivity index (χ2n) is 11.0. The lowest BCUT2D eigenvalue weighted by atomic mass is 9.50. The Bertz CT molecular complexity index is 1050. The second kappa shape index (κ2) is 7.70. The number of rotatable bonds is 4. The van der Waals surface area contributed by atoms with E-state index in [2.05, 4.69) is 6.92 Å². The van der Waals surface area contributed by atoms with Gasteiger partial charge < -0.3 is 23.7 Å². The van der Waals surface area contributed by atoms with E-state index in [1.165, 1.54) is 0 Å². The maximum Gasteiger partial charge on any atom is 0.310 e. The predicted molar refractivity (Wildman–Crippen MR) is 118 cm³/mol. The third kappa shape index (κ3) is 3.17. The second-order valence-corrected chi connectivity index (χ2v) is 11.0. The van der Waals surface area contributed by atoms with Crippen LogP contribution in [0.5, 0.6) is 0 Å². The minimum absolute atomic E-state index is 0.0969. The smallest absolute Gasteiger partial charge is 0.310 e. The van der Waals surface area contributed by atoms with Crippen LogP contribution in [0, 0.1) is 22.7 Å². The van der Waals surface area contributed by atoms with E-state index in [9.17, 15) is 19.5 Å². The third-order valence-corrected chi connectivity index (χ3v) is 9.17. The first-order valence-electron chi connectivity index (χ1n) is 12.0. The van der Waals surface area contributed by atoms with Crippen molar-refractivity contribution in [1.82, 2.24) is 0 Å². The lowest BCUT2D eigenvalue weighted by Crippen LogP contribution is -2.55. The first kappa shape index (κ1) is 23.1. The minimum atomic E-state index is -0.903. The number of carbonyl (C=O) groups excluding carboxylic acids is 2. The summed E-state index contributed by atoms with van der Waals surface area (Å²) in [7, 11) is 0. The van der Waals surface area contributed by atoms with Crippen LogP contribution in [0.15, 0.2) is 34.2 Å². The molecule has 34 heavy (non-hydrogen) atoms. The van der Waals surface area contributed by atoms with Gasteiger partial charge in [-0.2, -0.15) is 0 Å². The molecule has 0 aromatic carbocycles. The highest BCUT2D eigenvalue weighted by Crippen LogP contribution is 2.66. The SMILES string of the molecule is CC1=C2CC(=O)OC(c3ccoc3)C2(C)CCC1C1(CC(=O)O)C2COC(=O)CC2OC1(C)C. The van der Waals surface area contributed by atoms with Gasteiger partial charge in [0.2, 0.25) is 0 Å². The van der Waals surface area contributed by atoms with Crippen molar-refractivity contribution in [3.63, 3.8) is 0 Å². The number of hydrogen-bond donors (Lipinski definition) is 1. The van der Waals surface area contributed by atoms with Crippen molar-refractivity contribution < 1.29 is 38.1 Å². The number of ether oxygens (including phenoxy) is 3. The normalized spacial score (nSPS) is 39.2. The van der Waals surface area contributed by atoms with Crippen molar-refractivity contribution in [2.45, 2.75) is 77.6 Å². The van der Waals surface area contributed by atoms with Gasteiger partial charge >= 0.3 is 17.9 Å². The average Bonchev–Trinajstić information content (AvgIpc) is 3.34. The lowest BCUT2D eigenvalue weighted by Gasteiger charge is -2.55. The van der Waals surface area contributed by atoms with Gasteiger partial charge in [-0.1, -0.05) is 12.5 Å². The quantitative estimate of drug-likeness (QED) is 0.512. The predicted octanol–water partition coefficient (Wildman–Crippen LogP) is 4.20. The summed E-state index contributed by atoms with van der Waals surface area (Å²) in [6.45, 7) is 8.18. The molecule has 8 nitrogen and oxygen atoms in total. The molecule has 6 unspecified atom stereocenters. The van der Waals surface area contributed by atoms with E-state index in [1.54, 1.807) is 12.5 Å². The first-order valence-corrected chi connectivity index (χ1v) is 12.0. The van der Waals surface area contributed by atoms with Crippen LogP contribution < -0.4 is 0 Å². The number of fused-ring (bicyclic) bond motifs is 2. The van der Waals surface area contributed by atoms with E-state index in [0.717, 1.165) is 29.6 Å². The highest BCUT2D eigenvalue weighted by molar-refractivity contribution is 5.76. The maximum atomic E-state index is 12.7. The molecule has 0 spiro atoms. The molecular weight excluding hydrogens is 440 g/mol. The summed E-state index contributed by atoms with van der Waals surface area (Å²) in [5, 5.41) is 10.1. The number of cyclic esters (lactones) is 2. The highest BCUT2D eigenvalue weighted by atomic mass is 16.6. The van der Waals surface area contributed by atoms with Crippen molar-refractivity contribution in [2.75, 3.05) is 6.61 Å². The average molecular weight is 473 g/mol. The van der Waals surface area contributed by atoms with Gasteiger partial charge in [-0.25, -0.2) is 0 Å². The Kier molecular flexibility index (Phi) is 5.24. The molecule has 1 aromatic heterocycles. The molecule has 1 N–H and O–H groups in total. The molecule has 0 bridgehead atoms. The molecule has 5 rings (SSSR count). The van der Waals surface area contributed by atoms with E-state index < -0.39 is 28.5 Å². The molecule has 0 amide bonds. The number of esters is 2. The van der Waals surface area contributed by atoms with Crippen LogP contribution in [0.3, 0.4) is 0 Å². The van der Waals surface area contributed by atoms with Crippen LogP contribution in [0.4, 0.5) is 0 Å². The Balaban J connectivity index is 1.64. The molecule has 1 aromatic rings. The Morgan fingerprint density at radius 1 is 1.21 bits per heavy atom. The molecule has 4 aliphatic rings. The molecule has 6 atom stereocenters. The molecule has 184 valence electrons. The number of hydrogen-bond acceptors (Lipinski definition) is 7. The van der Waals surface area contributed by atoms with E-state index in [0.29, 0.717) is 0 Å². The van der Waals surface area contributed by atoms with E-state index in [1.807, 2.05) is 26.8 Å². The van der Waals surface area contributed by atoms with Gasteiger partial charge in [0.25, 0.3) is 0 Å². The summed E-state index contributed by atoms with van der Waals surface area (Å²) in [6.07, 6.45) is 4.02. The van der Waals surface area contributed by atoms with Crippen molar-refractivity contribution in [3.8, 4) is 0 Å². The fourth-order valence-electron chi connectivity index (χ4n) is 7.64. The fourth-order valence-corrected chi connectivity index (χ4v) is 7.64. The number of furan rings is 1. The van der Waals surface area contributed by atoms with Crippen LogP contribution in [-0.4, -0.2) is 41.3 Å². The Hall–Kier alpha value is -2.61. The zero-order valence-electron chi connectivity index (χ0n) is 20.1. The van der Waals surface area contributed by atoms with Crippen LogP contribution in [0.1, 0.15) is 71.5 Å². The monoisotopic (exact) mass is 472 g/mol. The molecule has 0 radical (unpaired) electrons. The van der Waals surface area contributed by atoms with Crippen LogP contribution in [-0.2, 0) is 28.6 Å². The Labute approximate surface area is 198 Å². The van der Waals surface area contributed by atoms with Crippen molar-refractivity contribution in [1.29, 1.82) is 0 Å². The van der Waals surface area contributed by atoms with Crippen LogP contribution >= 0.6 is 0 Å². The zero-order valence-corrected chi connectivity index (χ0v) is 20.1.